The molecule has 0 saturated heterocycles. The molecule has 0 radical (unpaired) electrons. The van der Waals surface area contributed by atoms with Gasteiger partial charge in [-0.3, -0.25) is 4.55 Å². The Hall–Kier alpha value is 1.65. The van der Waals surface area contributed by atoms with Gasteiger partial charge in [0.2, 0.25) is 0 Å². The molecule has 0 aliphatic rings. The molecule has 0 atom stereocenters. The van der Waals surface area contributed by atoms with Gasteiger partial charge >= 0.3 is 59.1 Å². The van der Waals surface area contributed by atoms with Crippen molar-refractivity contribution in [1.82, 2.24) is 0 Å². The van der Waals surface area contributed by atoms with Crippen LogP contribution in [0.25, 0.3) is 0 Å². The van der Waals surface area contributed by atoms with Crippen molar-refractivity contribution in [2.45, 2.75) is 32.6 Å². The van der Waals surface area contributed by atoms with Crippen LogP contribution >= 0.6 is 0 Å². The first-order valence-corrected chi connectivity index (χ1v) is 5.20. The van der Waals surface area contributed by atoms with Crippen LogP contribution in [0.3, 0.4) is 0 Å². The summed E-state index contributed by atoms with van der Waals surface area (Å²) < 4.78 is 28.5. The van der Waals surface area contributed by atoms with E-state index in [-0.39, 0.29) is 59.1 Å². The summed E-state index contributed by atoms with van der Waals surface area (Å²) in [7, 11) is -3.89. The third kappa shape index (κ3) is 19.9. The van der Waals surface area contributed by atoms with Crippen LogP contribution in [0.2, 0.25) is 0 Å². The monoisotopic (exact) mass is 226 g/mol. The van der Waals surface area contributed by atoms with E-state index < -0.39 is 10.1 Å². The van der Waals surface area contributed by atoms with Crippen LogP contribution in [-0.4, -0.2) is 72.1 Å². The van der Waals surface area contributed by atoms with Crippen LogP contribution in [-0.2, 0) is 10.1 Å². The Balaban J connectivity index is -0.000000500. The third-order valence-electron chi connectivity index (χ3n) is 1.24. The molecular weight excluding hydrogens is 210 g/mol. The van der Waals surface area contributed by atoms with Crippen molar-refractivity contribution in [2.24, 2.45) is 0 Å². The quantitative estimate of drug-likeness (QED) is 0.426. The number of hydrogen-bond donors (Lipinski definition) is 1. The normalized spacial score (nSPS) is 10.6. The molecular formula is C7H16Na2O3S. The Kier molecular flexibility index (Phi) is 18.1. The van der Waals surface area contributed by atoms with Crippen molar-refractivity contribution in [3.63, 3.8) is 0 Å². The summed E-state index contributed by atoms with van der Waals surface area (Å²) in [4.78, 5) is 0. The summed E-state index contributed by atoms with van der Waals surface area (Å²) in [6, 6.07) is 0. The molecule has 0 fully saturated rings. The fourth-order valence-corrected chi connectivity index (χ4v) is 1.08. The number of rotatable bonds is 5. The molecule has 1 N–H and O–H groups in total. The SMILES string of the molecule is CCCCCC=CS(=O)(=O)O.[NaH].[NaH]. The van der Waals surface area contributed by atoms with Gasteiger partial charge in [0.25, 0.3) is 10.1 Å². The van der Waals surface area contributed by atoms with E-state index in [2.05, 4.69) is 6.92 Å². The van der Waals surface area contributed by atoms with Crippen molar-refractivity contribution >= 4 is 69.2 Å². The van der Waals surface area contributed by atoms with Crippen molar-refractivity contribution in [1.29, 1.82) is 0 Å². The first kappa shape index (κ1) is 20.1. The maximum atomic E-state index is 10.1. The molecule has 0 rings (SSSR count). The topological polar surface area (TPSA) is 54.4 Å². The van der Waals surface area contributed by atoms with Gasteiger partial charge in [0.1, 0.15) is 0 Å². The summed E-state index contributed by atoms with van der Waals surface area (Å²) in [6.07, 6.45) is 5.37. The van der Waals surface area contributed by atoms with Gasteiger partial charge in [0.05, 0.1) is 5.41 Å². The van der Waals surface area contributed by atoms with E-state index >= 15 is 0 Å². The van der Waals surface area contributed by atoms with Crippen molar-refractivity contribution < 1.29 is 13.0 Å². The van der Waals surface area contributed by atoms with Gasteiger partial charge in [0, 0.05) is 0 Å². The molecule has 0 amide bonds. The van der Waals surface area contributed by atoms with E-state index in [1.807, 2.05) is 0 Å². The maximum absolute atomic E-state index is 10.1. The standard InChI is InChI=1S/C7H14O3S.2Na.2H/c1-2-3-4-5-6-7-11(8,9)10;;;;/h6-7H,2-5H2,1H3,(H,8,9,10);;;;. The molecule has 0 saturated carbocycles. The van der Waals surface area contributed by atoms with Crippen molar-refractivity contribution in [2.75, 3.05) is 0 Å². The summed E-state index contributed by atoms with van der Waals surface area (Å²) in [5.41, 5.74) is 0. The Bertz CT molecular complexity index is 212. The van der Waals surface area contributed by atoms with Gasteiger partial charge < -0.3 is 0 Å². The van der Waals surface area contributed by atoms with Gasteiger partial charge in [-0.15, -0.1) is 0 Å². The molecule has 0 aliphatic carbocycles. The summed E-state index contributed by atoms with van der Waals surface area (Å²) in [5, 5.41) is 0.836. The summed E-state index contributed by atoms with van der Waals surface area (Å²) in [5.74, 6) is 0. The van der Waals surface area contributed by atoms with E-state index in [0.29, 0.717) is 6.42 Å². The Morgan fingerprint density at radius 1 is 1.23 bits per heavy atom. The fraction of sp³-hybridized carbons (Fsp3) is 0.714. The van der Waals surface area contributed by atoms with E-state index in [9.17, 15) is 8.42 Å². The zero-order chi connectivity index (χ0) is 8.74. The molecule has 6 heteroatoms. The molecule has 0 aromatic rings. The van der Waals surface area contributed by atoms with Crippen LogP contribution in [0.15, 0.2) is 11.5 Å². The van der Waals surface area contributed by atoms with Crippen molar-refractivity contribution in [3.05, 3.63) is 11.5 Å². The Morgan fingerprint density at radius 3 is 2.15 bits per heavy atom. The van der Waals surface area contributed by atoms with Crippen LogP contribution in [0.1, 0.15) is 32.6 Å². The molecule has 0 heterocycles. The van der Waals surface area contributed by atoms with Gasteiger partial charge in [-0.25, -0.2) is 0 Å². The van der Waals surface area contributed by atoms with E-state index in [4.69, 9.17) is 4.55 Å². The average molecular weight is 226 g/mol. The predicted molar refractivity (Wildman–Crippen MR) is 59.1 cm³/mol. The van der Waals surface area contributed by atoms with Gasteiger partial charge in [-0.05, 0) is 12.8 Å². The second-order valence-electron chi connectivity index (χ2n) is 2.38. The van der Waals surface area contributed by atoms with Crippen LogP contribution in [0.4, 0.5) is 0 Å². The van der Waals surface area contributed by atoms with Gasteiger partial charge in [-0.2, -0.15) is 8.42 Å². The minimum atomic E-state index is -3.89. The number of hydrogen-bond acceptors (Lipinski definition) is 2. The van der Waals surface area contributed by atoms with E-state index in [1.54, 1.807) is 0 Å². The molecule has 0 aromatic heterocycles. The average Bonchev–Trinajstić information content (AvgIpc) is 1.85. The molecule has 0 aromatic carbocycles. The molecule has 0 aliphatic heterocycles. The number of unbranched alkanes of at least 4 members (excludes halogenated alkanes) is 3. The zero-order valence-corrected chi connectivity index (χ0v) is 7.47. The van der Waals surface area contributed by atoms with E-state index in [1.165, 1.54) is 6.08 Å². The Labute approximate surface area is 125 Å². The Morgan fingerprint density at radius 2 is 1.77 bits per heavy atom. The second-order valence-corrected chi connectivity index (χ2v) is 3.68. The molecule has 0 unspecified atom stereocenters. The first-order chi connectivity index (χ1) is 5.06. The summed E-state index contributed by atoms with van der Waals surface area (Å²) in [6.45, 7) is 2.08. The van der Waals surface area contributed by atoms with E-state index in [0.717, 1.165) is 24.7 Å². The van der Waals surface area contributed by atoms with Crippen LogP contribution in [0.5, 0.6) is 0 Å². The fourth-order valence-electron chi connectivity index (χ4n) is 0.702. The molecule has 13 heavy (non-hydrogen) atoms. The number of allylic oxidation sites excluding steroid dienone is 1. The van der Waals surface area contributed by atoms with Crippen LogP contribution < -0.4 is 0 Å². The molecule has 70 valence electrons. The van der Waals surface area contributed by atoms with Gasteiger partial charge in [0.15, 0.2) is 0 Å². The first-order valence-electron chi connectivity index (χ1n) is 3.70. The second kappa shape index (κ2) is 11.7. The summed E-state index contributed by atoms with van der Waals surface area (Å²) >= 11 is 0. The van der Waals surface area contributed by atoms with Crippen molar-refractivity contribution in [3.8, 4) is 0 Å². The third-order valence-corrected chi connectivity index (χ3v) is 1.78. The molecule has 0 bridgehead atoms. The van der Waals surface area contributed by atoms with Crippen LogP contribution in [0, 0.1) is 0 Å². The zero-order valence-electron chi connectivity index (χ0n) is 6.66. The predicted octanol–water partition coefficient (Wildman–Crippen LogP) is 0.671. The molecule has 0 spiro atoms. The molecule has 3 nitrogen and oxygen atoms in total. The van der Waals surface area contributed by atoms with Gasteiger partial charge in [-0.1, -0.05) is 25.8 Å². The minimum absolute atomic E-state index is 0.